The van der Waals surface area contributed by atoms with Crippen molar-refractivity contribution >= 4 is 21.8 Å². The van der Waals surface area contributed by atoms with Crippen molar-refractivity contribution in [2.75, 3.05) is 7.11 Å². The maximum Gasteiger partial charge on any atom is 0.251 e. The number of benzene rings is 1. The van der Waals surface area contributed by atoms with Gasteiger partial charge in [-0.3, -0.25) is 4.79 Å². The number of halogens is 1. The first-order chi connectivity index (χ1) is 8.58. The summed E-state index contributed by atoms with van der Waals surface area (Å²) >= 11 is 3.38. The molecule has 1 rings (SSSR count). The molecule has 4 heteroatoms. The van der Waals surface area contributed by atoms with Crippen molar-refractivity contribution in [3.05, 3.63) is 28.2 Å². The van der Waals surface area contributed by atoms with Gasteiger partial charge in [-0.25, -0.2) is 0 Å². The van der Waals surface area contributed by atoms with E-state index in [1.165, 1.54) is 0 Å². The van der Waals surface area contributed by atoms with Crippen molar-refractivity contribution in [1.82, 2.24) is 5.32 Å². The highest BCUT2D eigenvalue weighted by atomic mass is 79.9. The Labute approximate surface area is 117 Å². The highest BCUT2D eigenvalue weighted by molar-refractivity contribution is 9.10. The Morgan fingerprint density at radius 2 is 2.22 bits per heavy atom. The second-order valence-electron chi connectivity index (χ2n) is 4.37. The van der Waals surface area contributed by atoms with Crippen LogP contribution in [0.15, 0.2) is 22.7 Å². The van der Waals surface area contributed by atoms with Gasteiger partial charge in [0, 0.05) is 11.6 Å². The highest BCUT2D eigenvalue weighted by Crippen LogP contribution is 2.25. The van der Waals surface area contributed by atoms with E-state index < -0.39 is 0 Å². The summed E-state index contributed by atoms with van der Waals surface area (Å²) in [4.78, 5) is 12.0. The lowest BCUT2D eigenvalue weighted by atomic mass is 10.1. The van der Waals surface area contributed by atoms with Gasteiger partial charge < -0.3 is 10.1 Å². The van der Waals surface area contributed by atoms with E-state index in [1.807, 2.05) is 6.92 Å². The molecule has 1 atom stereocenters. The van der Waals surface area contributed by atoms with Crippen LogP contribution in [0.25, 0.3) is 0 Å². The first kappa shape index (κ1) is 15.0. The molecular formula is C14H20BrNO2. The predicted octanol–water partition coefficient (Wildman–Crippen LogP) is 3.77. The summed E-state index contributed by atoms with van der Waals surface area (Å²) in [6.07, 6.45) is 3.29. The first-order valence-corrected chi connectivity index (χ1v) is 7.02. The van der Waals surface area contributed by atoms with E-state index in [0.29, 0.717) is 5.56 Å². The third-order valence-corrected chi connectivity index (χ3v) is 3.40. The average molecular weight is 314 g/mol. The molecule has 0 bridgehead atoms. The van der Waals surface area contributed by atoms with Gasteiger partial charge in [-0.2, -0.15) is 0 Å². The molecule has 1 aromatic carbocycles. The number of nitrogens with one attached hydrogen (secondary N) is 1. The van der Waals surface area contributed by atoms with Gasteiger partial charge in [0.15, 0.2) is 0 Å². The van der Waals surface area contributed by atoms with Crippen LogP contribution in [0.2, 0.25) is 0 Å². The van der Waals surface area contributed by atoms with Crippen LogP contribution in [0.5, 0.6) is 5.75 Å². The standard InChI is InChI=1S/C14H20BrNO2/c1-4-5-6-10(2)16-14(17)11-7-8-13(18-3)12(15)9-11/h7-10H,4-6H2,1-3H3,(H,16,17). The lowest BCUT2D eigenvalue weighted by Crippen LogP contribution is -2.32. The summed E-state index contributed by atoms with van der Waals surface area (Å²) in [6, 6.07) is 5.54. The molecule has 0 heterocycles. The smallest absolute Gasteiger partial charge is 0.251 e. The molecule has 0 aliphatic heterocycles. The molecule has 1 aromatic rings. The summed E-state index contributed by atoms with van der Waals surface area (Å²) in [6.45, 7) is 4.18. The predicted molar refractivity (Wildman–Crippen MR) is 77.1 cm³/mol. The van der Waals surface area contributed by atoms with Crippen LogP contribution in [0.3, 0.4) is 0 Å². The fraction of sp³-hybridized carbons (Fsp3) is 0.500. The number of hydrogen-bond donors (Lipinski definition) is 1. The van der Waals surface area contributed by atoms with Crippen LogP contribution >= 0.6 is 15.9 Å². The van der Waals surface area contributed by atoms with Crippen molar-refractivity contribution < 1.29 is 9.53 Å². The van der Waals surface area contributed by atoms with E-state index in [-0.39, 0.29) is 11.9 Å². The van der Waals surface area contributed by atoms with Crippen molar-refractivity contribution in [2.45, 2.75) is 39.2 Å². The molecule has 0 saturated heterocycles. The van der Waals surface area contributed by atoms with Gasteiger partial charge >= 0.3 is 0 Å². The number of amides is 1. The number of unbranched alkanes of at least 4 members (excludes halogenated alkanes) is 1. The minimum absolute atomic E-state index is 0.0399. The number of carbonyl (C=O) groups is 1. The quantitative estimate of drug-likeness (QED) is 0.868. The Kier molecular flexibility index (Phi) is 6.19. The van der Waals surface area contributed by atoms with E-state index in [1.54, 1.807) is 25.3 Å². The molecule has 0 aliphatic rings. The number of methoxy groups -OCH3 is 1. The van der Waals surface area contributed by atoms with Crippen molar-refractivity contribution in [1.29, 1.82) is 0 Å². The number of carbonyl (C=O) groups excluding carboxylic acids is 1. The van der Waals surface area contributed by atoms with Crippen LogP contribution in [0.1, 0.15) is 43.5 Å². The van der Waals surface area contributed by atoms with E-state index in [2.05, 4.69) is 28.2 Å². The lowest BCUT2D eigenvalue weighted by molar-refractivity contribution is 0.0938. The Balaban J connectivity index is 2.64. The number of hydrogen-bond acceptors (Lipinski definition) is 2. The molecular weight excluding hydrogens is 294 g/mol. The maximum absolute atomic E-state index is 12.0. The Morgan fingerprint density at radius 3 is 2.78 bits per heavy atom. The zero-order valence-electron chi connectivity index (χ0n) is 11.1. The molecule has 0 aromatic heterocycles. The summed E-state index contributed by atoms with van der Waals surface area (Å²) in [5, 5.41) is 3.00. The molecule has 3 nitrogen and oxygen atoms in total. The van der Waals surface area contributed by atoms with Gasteiger partial charge in [-0.1, -0.05) is 19.8 Å². The summed E-state index contributed by atoms with van der Waals surface area (Å²) in [5.74, 6) is 0.688. The monoisotopic (exact) mass is 313 g/mol. The number of ether oxygens (including phenoxy) is 1. The number of rotatable bonds is 6. The maximum atomic E-state index is 12.0. The molecule has 0 radical (unpaired) electrons. The lowest BCUT2D eigenvalue weighted by Gasteiger charge is -2.14. The molecule has 0 fully saturated rings. The van der Waals surface area contributed by atoms with E-state index in [4.69, 9.17) is 4.74 Å². The average Bonchev–Trinajstić information content (AvgIpc) is 2.36. The zero-order chi connectivity index (χ0) is 13.5. The van der Waals surface area contributed by atoms with Crippen LogP contribution < -0.4 is 10.1 Å². The third kappa shape index (κ3) is 4.33. The van der Waals surface area contributed by atoms with Crippen molar-refractivity contribution in [3.8, 4) is 5.75 Å². The van der Waals surface area contributed by atoms with Crippen molar-refractivity contribution in [3.63, 3.8) is 0 Å². The molecule has 18 heavy (non-hydrogen) atoms. The minimum atomic E-state index is -0.0399. The molecule has 0 aliphatic carbocycles. The van der Waals surface area contributed by atoms with E-state index in [9.17, 15) is 4.79 Å². The van der Waals surface area contributed by atoms with Gasteiger partial charge in [0.2, 0.25) is 0 Å². The SMILES string of the molecule is CCCCC(C)NC(=O)c1ccc(OC)c(Br)c1. The summed E-state index contributed by atoms with van der Waals surface area (Å²) in [5.41, 5.74) is 0.644. The van der Waals surface area contributed by atoms with Crippen molar-refractivity contribution in [2.24, 2.45) is 0 Å². The van der Waals surface area contributed by atoms with Gasteiger partial charge in [0.05, 0.1) is 11.6 Å². The second kappa shape index (κ2) is 7.41. The summed E-state index contributed by atoms with van der Waals surface area (Å²) < 4.78 is 5.93. The van der Waals surface area contributed by atoms with Gasteiger partial charge in [-0.15, -0.1) is 0 Å². The zero-order valence-corrected chi connectivity index (χ0v) is 12.7. The highest BCUT2D eigenvalue weighted by Gasteiger charge is 2.11. The molecule has 0 spiro atoms. The molecule has 1 unspecified atom stereocenters. The van der Waals surface area contributed by atoms with E-state index in [0.717, 1.165) is 29.5 Å². The fourth-order valence-electron chi connectivity index (χ4n) is 1.70. The Bertz CT molecular complexity index is 407. The second-order valence-corrected chi connectivity index (χ2v) is 5.22. The normalized spacial score (nSPS) is 12.0. The topological polar surface area (TPSA) is 38.3 Å². The van der Waals surface area contributed by atoms with Gasteiger partial charge in [0.1, 0.15) is 5.75 Å². The van der Waals surface area contributed by atoms with Gasteiger partial charge in [-0.05, 0) is 47.5 Å². The molecule has 1 N–H and O–H groups in total. The van der Waals surface area contributed by atoms with E-state index >= 15 is 0 Å². The Hall–Kier alpha value is -1.03. The van der Waals surface area contributed by atoms with Crippen LogP contribution in [-0.4, -0.2) is 19.1 Å². The molecule has 100 valence electrons. The molecule has 0 saturated carbocycles. The fourth-order valence-corrected chi connectivity index (χ4v) is 2.24. The first-order valence-electron chi connectivity index (χ1n) is 6.22. The minimum Gasteiger partial charge on any atom is -0.496 e. The third-order valence-electron chi connectivity index (χ3n) is 2.78. The Morgan fingerprint density at radius 1 is 1.50 bits per heavy atom. The molecule has 1 amide bonds. The van der Waals surface area contributed by atoms with Crippen LogP contribution in [0.4, 0.5) is 0 Å². The summed E-state index contributed by atoms with van der Waals surface area (Å²) in [7, 11) is 1.60. The largest absolute Gasteiger partial charge is 0.496 e. The van der Waals surface area contributed by atoms with Crippen LogP contribution in [0, 0.1) is 0 Å². The van der Waals surface area contributed by atoms with Crippen LogP contribution in [-0.2, 0) is 0 Å². The van der Waals surface area contributed by atoms with Gasteiger partial charge in [0.25, 0.3) is 5.91 Å².